The van der Waals surface area contributed by atoms with Gasteiger partial charge in [-0.3, -0.25) is 14.4 Å². The van der Waals surface area contributed by atoms with Crippen LogP contribution >= 0.6 is 11.8 Å². The topological polar surface area (TPSA) is 90.9 Å². The van der Waals surface area contributed by atoms with E-state index in [1.807, 2.05) is 24.3 Å². The van der Waals surface area contributed by atoms with Crippen LogP contribution < -0.4 is 10.6 Å². The average Bonchev–Trinajstić information content (AvgIpc) is 3.24. The molecule has 0 spiro atoms. The molecule has 4 rings (SSSR count). The zero-order valence-corrected chi connectivity index (χ0v) is 21.1. The van der Waals surface area contributed by atoms with Crippen LogP contribution in [0.3, 0.4) is 0 Å². The Morgan fingerprint density at radius 2 is 1.63 bits per heavy atom. The number of anilines is 2. The Morgan fingerprint density at radius 3 is 2.29 bits per heavy atom. The number of nitrogens with zero attached hydrogens (tertiary/aromatic N) is 2. The molecular weight excluding hydrogens is 460 g/mol. The molecule has 0 aliphatic carbocycles. The van der Waals surface area contributed by atoms with E-state index >= 15 is 0 Å². The number of carbonyl (C=O) groups excluding carboxylic acids is 3. The molecular formula is C27H32N4O3S. The molecule has 2 aliphatic rings. The molecule has 3 amide bonds. The van der Waals surface area contributed by atoms with Crippen LogP contribution in [-0.4, -0.2) is 46.1 Å². The first-order valence-electron chi connectivity index (χ1n) is 12.3. The molecule has 2 aromatic carbocycles. The Morgan fingerprint density at radius 1 is 1.00 bits per heavy atom. The lowest BCUT2D eigenvalue weighted by Gasteiger charge is -2.27. The lowest BCUT2D eigenvalue weighted by molar-refractivity contribution is -0.121. The van der Waals surface area contributed by atoms with E-state index in [9.17, 15) is 14.4 Å². The number of benzene rings is 2. The van der Waals surface area contributed by atoms with Gasteiger partial charge in [-0.15, -0.1) is 0 Å². The predicted octanol–water partition coefficient (Wildman–Crippen LogP) is 5.26. The Bertz CT molecular complexity index is 1090. The monoisotopic (exact) mass is 492 g/mol. The molecule has 0 radical (unpaired) electrons. The van der Waals surface area contributed by atoms with Gasteiger partial charge in [0.2, 0.25) is 5.91 Å². The minimum absolute atomic E-state index is 0.0687. The van der Waals surface area contributed by atoms with Gasteiger partial charge in [0.25, 0.3) is 11.8 Å². The number of carbonyl (C=O) groups is 3. The fourth-order valence-electron chi connectivity index (χ4n) is 4.15. The summed E-state index contributed by atoms with van der Waals surface area (Å²) in [6.07, 6.45) is 4.56. The van der Waals surface area contributed by atoms with Crippen LogP contribution in [-0.2, 0) is 9.59 Å². The van der Waals surface area contributed by atoms with Crippen LogP contribution in [0.1, 0.15) is 67.8 Å². The number of hydrogen-bond acceptors (Lipinski definition) is 5. The largest absolute Gasteiger partial charge is 0.351 e. The summed E-state index contributed by atoms with van der Waals surface area (Å²) in [5, 5.41) is 5.99. The van der Waals surface area contributed by atoms with E-state index in [1.165, 1.54) is 23.7 Å². The number of rotatable bonds is 7. The minimum Gasteiger partial charge on any atom is -0.351 e. The number of hydrogen-bond donors (Lipinski definition) is 2. The SMILES string of the molecule is CC[C@H](C)c1ccc(NC(=O)c2ccc(NC(=O)C[C@H]3SC(N4CCCCC4)=NC3=O)cc2)cc1. The van der Waals surface area contributed by atoms with Crippen LogP contribution in [0.5, 0.6) is 0 Å². The van der Waals surface area contributed by atoms with Crippen molar-refractivity contribution < 1.29 is 14.4 Å². The standard InChI is InChI=1S/C27H32N4O3S/c1-3-18(2)19-7-11-22(12-8-19)29-25(33)20-9-13-21(14-10-20)28-24(32)17-23-26(34)30-27(35-23)31-15-5-4-6-16-31/h7-14,18,23H,3-6,15-17H2,1-2H3,(H,28,32)(H,29,33)/t18-,23+/m0/s1. The summed E-state index contributed by atoms with van der Waals surface area (Å²) in [6.45, 7) is 6.17. The molecule has 1 fully saturated rings. The molecule has 35 heavy (non-hydrogen) atoms. The molecule has 2 aromatic rings. The highest BCUT2D eigenvalue weighted by Gasteiger charge is 2.33. The van der Waals surface area contributed by atoms with Crippen LogP contribution in [0, 0.1) is 0 Å². The van der Waals surface area contributed by atoms with Crippen LogP contribution in [0.4, 0.5) is 11.4 Å². The summed E-state index contributed by atoms with van der Waals surface area (Å²) < 4.78 is 0. The highest BCUT2D eigenvalue weighted by atomic mass is 32.2. The smallest absolute Gasteiger partial charge is 0.262 e. The Kier molecular flexibility index (Phi) is 8.23. The molecule has 0 unspecified atom stereocenters. The average molecular weight is 493 g/mol. The van der Waals surface area contributed by atoms with Gasteiger partial charge >= 0.3 is 0 Å². The van der Waals surface area contributed by atoms with Gasteiger partial charge in [-0.25, -0.2) is 0 Å². The molecule has 184 valence electrons. The van der Waals surface area contributed by atoms with E-state index in [0.717, 1.165) is 43.2 Å². The first-order chi connectivity index (χ1) is 16.9. The fourth-order valence-corrected chi connectivity index (χ4v) is 5.27. The third-order valence-corrected chi connectivity index (χ3v) is 7.72. The molecule has 0 bridgehead atoms. The van der Waals surface area contributed by atoms with Crippen LogP contribution in [0.2, 0.25) is 0 Å². The highest BCUT2D eigenvalue weighted by Crippen LogP contribution is 2.29. The van der Waals surface area contributed by atoms with Gasteiger partial charge in [0.15, 0.2) is 5.17 Å². The van der Waals surface area contributed by atoms with Gasteiger partial charge in [-0.1, -0.05) is 37.7 Å². The van der Waals surface area contributed by atoms with Crippen molar-refractivity contribution in [1.82, 2.24) is 4.90 Å². The van der Waals surface area contributed by atoms with Crippen molar-refractivity contribution in [2.75, 3.05) is 23.7 Å². The van der Waals surface area contributed by atoms with E-state index in [0.29, 0.717) is 17.2 Å². The van der Waals surface area contributed by atoms with Crippen LogP contribution in [0.25, 0.3) is 0 Å². The van der Waals surface area contributed by atoms with Crippen molar-refractivity contribution in [3.05, 3.63) is 59.7 Å². The zero-order chi connectivity index (χ0) is 24.8. The number of piperidine rings is 1. The maximum absolute atomic E-state index is 12.6. The minimum atomic E-state index is -0.483. The molecule has 2 heterocycles. The number of aliphatic imine (C=N–C) groups is 1. The number of amides is 3. The first-order valence-corrected chi connectivity index (χ1v) is 13.2. The van der Waals surface area contributed by atoms with Gasteiger partial charge in [0, 0.05) is 36.4 Å². The van der Waals surface area contributed by atoms with E-state index in [2.05, 4.69) is 34.4 Å². The van der Waals surface area contributed by atoms with Gasteiger partial charge in [0.05, 0.1) is 0 Å². The quantitative estimate of drug-likeness (QED) is 0.550. The molecule has 2 atom stereocenters. The Balaban J connectivity index is 1.27. The summed E-state index contributed by atoms with van der Waals surface area (Å²) >= 11 is 1.39. The Hall–Kier alpha value is -3.13. The molecule has 8 heteroatoms. The molecule has 1 saturated heterocycles. The van der Waals surface area contributed by atoms with Gasteiger partial charge < -0.3 is 15.5 Å². The van der Waals surface area contributed by atoms with Gasteiger partial charge in [-0.2, -0.15) is 4.99 Å². The van der Waals surface area contributed by atoms with Crippen molar-refractivity contribution in [2.45, 2.75) is 57.1 Å². The van der Waals surface area contributed by atoms with Crippen LogP contribution in [0.15, 0.2) is 53.5 Å². The Labute approximate surface area is 210 Å². The molecule has 0 aromatic heterocycles. The van der Waals surface area contributed by atoms with E-state index in [4.69, 9.17) is 0 Å². The summed E-state index contributed by atoms with van der Waals surface area (Å²) in [5.41, 5.74) is 3.06. The van der Waals surface area contributed by atoms with Crippen molar-refractivity contribution in [3.63, 3.8) is 0 Å². The first kappa shape index (κ1) is 25.0. The maximum Gasteiger partial charge on any atom is 0.262 e. The van der Waals surface area contributed by atoms with Crippen molar-refractivity contribution in [3.8, 4) is 0 Å². The normalized spacial score (nSPS) is 18.7. The van der Waals surface area contributed by atoms with E-state index < -0.39 is 5.25 Å². The van der Waals surface area contributed by atoms with Crippen molar-refractivity contribution >= 4 is 46.0 Å². The van der Waals surface area contributed by atoms with Gasteiger partial charge in [0.1, 0.15) is 5.25 Å². The number of likely N-dealkylation sites (tertiary alicyclic amines) is 1. The number of amidine groups is 1. The van der Waals surface area contributed by atoms with Gasteiger partial charge in [-0.05, 0) is 73.6 Å². The second kappa shape index (κ2) is 11.5. The number of thioether (sulfide) groups is 1. The van der Waals surface area contributed by atoms with Crippen molar-refractivity contribution in [1.29, 1.82) is 0 Å². The second-order valence-corrected chi connectivity index (χ2v) is 10.3. The third-order valence-electron chi connectivity index (χ3n) is 6.51. The van der Waals surface area contributed by atoms with E-state index in [-0.39, 0.29) is 24.1 Å². The lowest BCUT2D eigenvalue weighted by atomic mass is 9.98. The maximum atomic E-state index is 12.6. The number of nitrogens with one attached hydrogen (secondary N) is 2. The molecule has 2 aliphatic heterocycles. The third kappa shape index (κ3) is 6.51. The summed E-state index contributed by atoms with van der Waals surface area (Å²) in [7, 11) is 0. The predicted molar refractivity (Wildman–Crippen MR) is 142 cm³/mol. The summed E-state index contributed by atoms with van der Waals surface area (Å²) in [4.78, 5) is 43.7. The molecule has 2 N–H and O–H groups in total. The second-order valence-electron chi connectivity index (χ2n) is 9.10. The highest BCUT2D eigenvalue weighted by molar-refractivity contribution is 8.15. The zero-order valence-electron chi connectivity index (χ0n) is 20.3. The summed E-state index contributed by atoms with van der Waals surface area (Å²) in [6, 6.07) is 14.6. The van der Waals surface area contributed by atoms with Crippen molar-refractivity contribution in [2.24, 2.45) is 4.99 Å². The molecule has 7 nitrogen and oxygen atoms in total. The lowest BCUT2D eigenvalue weighted by Crippen LogP contribution is -2.33. The fraction of sp³-hybridized carbons (Fsp3) is 0.407. The molecule has 0 saturated carbocycles. The van der Waals surface area contributed by atoms with E-state index in [1.54, 1.807) is 24.3 Å². The summed E-state index contributed by atoms with van der Waals surface area (Å²) in [5.74, 6) is -0.217.